The first-order valence-corrected chi connectivity index (χ1v) is 23.7. The van der Waals surface area contributed by atoms with Crippen LogP contribution in [0, 0.1) is 17.8 Å². The van der Waals surface area contributed by atoms with Crippen LogP contribution in [0.1, 0.15) is 140 Å². The lowest BCUT2D eigenvalue weighted by atomic mass is 9.68. The van der Waals surface area contributed by atoms with Crippen LogP contribution >= 0.6 is 0 Å². The highest BCUT2D eigenvalue weighted by Gasteiger charge is 2.32. The van der Waals surface area contributed by atoms with E-state index in [1.807, 2.05) is 0 Å². The lowest BCUT2D eigenvalue weighted by Gasteiger charge is -2.38. The second-order valence-electron chi connectivity index (χ2n) is 16.8. The third kappa shape index (κ3) is 12.0. The SMILES string of the molecule is C=C(C)C(=O)OCc1cc(-c2ccc(C3CCC(C4CCC(CCCCC)CC4)CC3)cc2)cc(COC(=O)C(=C)C)c1[Si](C)(C)CCCCCO. The maximum Gasteiger partial charge on any atom is 0.333 e. The zero-order chi connectivity index (χ0) is 37.7. The summed E-state index contributed by atoms with van der Waals surface area (Å²) >= 11 is 0. The number of benzene rings is 2. The number of ether oxygens (including phenoxy) is 2. The van der Waals surface area contributed by atoms with Crippen LogP contribution in [-0.2, 0) is 32.3 Å². The predicted molar refractivity (Wildman–Crippen MR) is 218 cm³/mol. The molecule has 0 heterocycles. The van der Waals surface area contributed by atoms with Gasteiger partial charge in [-0.05, 0) is 128 Å². The first kappa shape index (κ1) is 41.8. The van der Waals surface area contributed by atoms with Gasteiger partial charge in [0.05, 0.1) is 8.07 Å². The van der Waals surface area contributed by atoms with E-state index in [9.17, 15) is 14.7 Å². The first-order valence-electron chi connectivity index (χ1n) is 20.5. The van der Waals surface area contributed by atoms with Crippen LogP contribution in [-0.4, -0.2) is 31.7 Å². The molecule has 5 nitrogen and oxygen atoms in total. The molecule has 0 radical (unpaired) electrons. The highest BCUT2D eigenvalue weighted by atomic mass is 28.3. The lowest BCUT2D eigenvalue weighted by Crippen LogP contribution is -2.46. The number of hydrogen-bond donors (Lipinski definition) is 1. The van der Waals surface area contributed by atoms with Gasteiger partial charge in [-0.15, -0.1) is 0 Å². The van der Waals surface area contributed by atoms with Crippen molar-refractivity contribution in [2.75, 3.05) is 6.61 Å². The molecule has 0 bridgehead atoms. The molecule has 0 atom stereocenters. The van der Waals surface area contributed by atoms with Gasteiger partial charge in [0.2, 0.25) is 0 Å². The molecule has 0 saturated heterocycles. The average molecular weight is 729 g/mol. The van der Waals surface area contributed by atoms with Crippen LogP contribution < -0.4 is 5.19 Å². The van der Waals surface area contributed by atoms with Crippen LogP contribution in [0.3, 0.4) is 0 Å². The van der Waals surface area contributed by atoms with Gasteiger partial charge in [-0.25, -0.2) is 9.59 Å². The van der Waals surface area contributed by atoms with Gasteiger partial charge in [0.25, 0.3) is 0 Å². The average Bonchev–Trinajstić information content (AvgIpc) is 3.14. The van der Waals surface area contributed by atoms with Crippen molar-refractivity contribution >= 4 is 25.2 Å². The zero-order valence-electron chi connectivity index (χ0n) is 33.2. The summed E-state index contributed by atoms with van der Waals surface area (Å²) in [5.41, 5.74) is 6.21. The Kier molecular flexibility index (Phi) is 16.5. The normalized spacial score (nSPS) is 20.7. The van der Waals surface area contributed by atoms with Crippen LogP contribution in [0.15, 0.2) is 60.7 Å². The standard InChI is InChI=1S/C46H68O5Si/c1-8-9-11-14-35-15-17-36(18-16-35)37-19-21-38(22-20-37)39-23-25-40(26-24-39)41-29-42(31-50-45(48)33(2)3)44(52(6,7)28-13-10-12-27-47)43(30-41)32-51-46(49)34(4)5/h23-26,29-30,35-38,47H,2,4,8-22,27-28,31-32H2,1,3,5-7H3. The molecule has 4 rings (SSSR count). The van der Waals surface area contributed by atoms with Crippen molar-refractivity contribution in [1.29, 1.82) is 0 Å². The molecule has 2 aliphatic carbocycles. The number of carbonyl (C=O) groups excluding carboxylic acids is 2. The Hall–Kier alpha value is -2.96. The number of carbonyl (C=O) groups is 2. The summed E-state index contributed by atoms with van der Waals surface area (Å²) in [5, 5.41) is 10.5. The van der Waals surface area contributed by atoms with Gasteiger partial charge in [-0.1, -0.05) is 115 Å². The molecule has 2 saturated carbocycles. The van der Waals surface area contributed by atoms with Crippen LogP contribution in [0.5, 0.6) is 0 Å². The maximum atomic E-state index is 12.6. The molecule has 2 fully saturated rings. The third-order valence-electron chi connectivity index (χ3n) is 12.1. The third-order valence-corrected chi connectivity index (χ3v) is 15.7. The summed E-state index contributed by atoms with van der Waals surface area (Å²) in [7, 11) is -2.11. The summed E-state index contributed by atoms with van der Waals surface area (Å²) < 4.78 is 11.6. The fourth-order valence-electron chi connectivity index (χ4n) is 9.05. The van der Waals surface area contributed by atoms with Crippen molar-refractivity contribution in [2.45, 2.75) is 155 Å². The minimum Gasteiger partial charge on any atom is -0.457 e. The monoisotopic (exact) mass is 728 g/mol. The highest BCUT2D eigenvalue weighted by molar-refractivity contribution is 6.90. The Morgan fingerprint density at radius 3 is 1.77 bits per heavy atom. The van der Waals surface area contributed by atoms with Crippen molar-refractivity contribution in [1.82, 2.24) is 0 Å². The molecule has 0 aromatic heterocycles. The van der Waals surface area contributed by atoms with Crippen molar-refractivity contribution in [3.05, 3.63) is 77.4 Å². The molecule has 286 valence electrons. The van der Waals surface area contributed by atoms with Crippen molar-refractivity contribution in [3.8, 4) is 11.1 Å². The molecule has 1 N–H and O–H groups in total. The number of hydrogen-bond acceptors (Lipinski definition) is 5. The van der Waals surface area contributed by atoms with Gasteiger partial charge in [-0.2, -0.15) is 0 Å². The molecule has 52 heavy (non-hydrogen) atoms. The van der Waals surface area contributed by atoms with Gasteiger partial charge in [0.1, 0.15) is 13.2 Å². The fraction of sp³-hybridized carbons (Fsp3) is 0.609. The Balaban J connectivity index is 1.53. The summed E-state index contributed by atoms with van der Waals surface area (Å²) in [6, 6.07) is 14.5. The maximum absolute atomic E-state index is 12.6. The zero-order valence-corrected chi connectivity index (χ0v) is 34.2. The predicted octanol–water partition coefficient (Wildman–Crippen LogP) is 11.3. The number of esters is 2. The molecule has 0 spiro atoms. The number of rotatable bonds is 19. The molecule has 2 aromatic rings. The first-order chi connectivity index (χ1) is 24.9. The fourth-order valence-corrected chi connectivity index (χ4v) is 12.5. The Morgan fingerprint density at radius 2 is 1.27 bits per heavy atom. The Bertz CT molecular complexity index is 1420. The highest BCUT2D eigenvalue weighted by Crippen LogP contribution is 2.45. The summed E-state index contributed by atoms with van der Waals surface area (Å²) in [5.74, 6) is 2.61. The van der Waals surface area contributed by atoms with E-state index in [2.05, 4.69) is 69.6 Å². The van der Waals surface area contributed by atoms with Gasteiger partial charge >= 0.3 is 11.9 Å². The summed E-state index contributed by atoms with van der Waals surface area (Å²) in [6.07, 6.45) is 19.4. The molecule has 0 unspecified atom stereocenters. The summed E-state index contributed by atoms with van der Waals surface area (Å²) in [4.78, 5) is 25.2. The van der Waals surface area contributed by atoms with Gasteiger partial charge in [0.15, 0.2) is 0 Å². The van der Waals surface area contributed by atoms with Crippen molar-refractivity contribution < 1.29 is 24.2 Å². The quantitative estimate of drug-likeness (QED) is 0.0675. The van der Waals surface area contributed by atoms with Gasteiger partial charge in [0, 0.05) is 17.8 Å². The van der Waals surface area contributed by atoms with E-state index in [0.717, 1.165) is 65.3 Å². The molecule has 0 aliphatic heterocycles. The van der Waals surface area contributed by atoms with E-state index in [1.54, 1.807) is 13.8 Å². The second-order valence-corrected chi connectivity index (χ2v) is 21.6. The number of unbranched alkanes of at least 4 members (excludes halogenated alkanes) is 4. The Labute approximate surface area is 316 Å². The second kappa shape index (κ2) is 20.5. The molecular weight excluding hydrogens is 661 g/mol. The molecule has 0 amide bonds. The molecule has 2 aliphatic rings. The van der Waals surface area contributed by atoms with E-state index >= 15 is 0 Å². The van der Waals surface area contributed by atoms with E-state index in [0.29, 0.717) is 17.1 Å². The van der Waals surface area contributed by atoms with Gasteiger partial charge in [-0.3, -0.25) is 0 Å². The Morgan fingerprint density at radius 1 is 0.731 bits per heavy atom. The minimum absolute atomic E-state index is 0.130. The van der Waals surface area contributed by atoms with E-state index < -0.39 is 20.0 Å². The summed E-state index contributed by atoms with van der Waals surface area (Å²) in [6.45, 7) is 18.3. The van der Waals surface area contributed by atoms with Gasteiger partial charge < -0.3 is 14.6 Å². The van der Waals surface area contributed by atoms with Crippen LogP contribution in [0.4, 0.5) is 0 Å². The van der Waals surface area contributed by atoms with Crippen molar-refractivity contribution in [3.63, 3.8) is 0 Å². The molecule has 2 aromatic carbocycles. The van der Waals surface area contributed by atoms with E-state index in [4.69, 9.17) is 9.47 Å². The van der Waals surface area contributed by atoms with Crippen LogP contribution in [0.25, 0.3) is 11.1 Å². The van der Waals surface area contributed by atoms with Crippen LogP contribution in [0.2, 0.25) is 19.1 Å². The smallest absolute Gasteiger partial charge is 0.333 e. The number of aliphatic hydroxyl groups excluding tert-OH is 1. The van der Waals surface area contributed by atoms with Crippen molar-refractivity contribution in [2.24, 2.45) is 17.8 Å². The topological polar surface area (TPSA) is 72.8 Å². The van der Waals surface area contributed by atoms with E-state index in [-0.39, 0.29) is 19.8 Å². The van der Waals surface area contributed by atoms with E-state index in [1.165, 1.54) is 87.8 Å². The molecule has 6 heteroatoms. The minimum atomic E-state index is -2.11. The lowest BCUT2D eigenvalue weighted by molar-refractivity contribution is -0.140. The number of aliphatic hydroxyl groups is 1. The molecular formula is C46H68O5Si. The largest absolute Gasteiger partial charge is 0.457 e.